The number of carbonyl (C=O) groups is 1. The number of hydrogen-bond donors (Lipinski definition) is 11. The van der Waals surface area contributed by atoms with Crippen LogP contribution in [-0.4, -0.2) is 168 Å². The lowest BCUT2D eigenvalue weighted by Gasteiger charge is -2.45. The van der Waals surface area contributed by atoms with Crippen molar-refractivity contribution in [2.75, 3.05) is 26.4 Å². The zero-order valence-electron chi connectivity index (χ0n) is 28.3. The van der Waals surface area contributed by atoms with Gasteiger partial charge in [-0.3, -0.25) is 0 Å². The minimum atomic E-state index is -2.14. The van der Waals surface area contributed by atoms with Gasteiger partial charge in [-0.1, -0.05) is 12.1 Å². The first-order chi connectivity index (χ1) is 25.1. The summed E-state index contributed by atoms with van der Waals surface area (Å²) in [5.74, 6) is -2.62. The fourth-order valence-corrected chi connectivity index (χ4v) is 5.87. The molecule has 0 aromatic heterocycles. The molecule has 2 aromatic carbocycles. The zero-order chi connectivity index (χ0) is 38.6. The van der Waals surface area contributed by atoms with Crippen molar-refractivity contribution in [2.45, 2.75) is 92.8 Å². The van der Waals surface area contributed by atoms with Crippen LogP contribution in [0.3, 0.4) is 0 Å². The molecule has 0 radical (unpaired) electrons. The Balaban J connectivity index is 1.41. The van der Waals surface area contributed by atoms with E-state index in [2.05, 4.69) is 0 Å². The fourth-order valence-electron chi connectivity index (χ4n) is 5.87. The molecule has 13 atom stereocenters. The van der Waals surface area contributed by atoms with E-state index in [-0.39, 0.29) is 30.1 Å². The molecular weight excluding hydrogens is 712 g/mol. The third-order valence-corrected chi connectivity index (χ3v) is 9.09. The Hall–Kier alpha value is -3.67. The first kappa shape index (κ1) is 40.5. The van der Waals surface area contributed by atoms with Crippen molar-refractivity contribution in [3.63, 3.8) is 0 Å². The van der Waals surface area contributed by atoms with Crippen molar-refractivity contribution in [3.05, 3.63) is 53.6 Å². The van der Waals surface area contributed by atoms with E-state index in [0.717, 1.165) is 6.08 Å². The lowest BCUT2D eigenvalue weighted by atomic mass is 9.97. The Morgan fingerprint density at radius 3 is 2.17 bits per heavy atom. The molecule has 5 rings (SSSR count). The van der Waals surface area contributed by atoms with Crippen LogP contribution in [0.1, 0.15) is 18.1 Å². The molecule has 3 saturated heterocycles. The van der Waals surface area contributed by atoms with Crippen molar-refractivity contribution in [3.8, 4) is 23.0 Å². The summed E-state index contributed by atoms with van der Waals surface area (Å²) in [4.78, 5) is 13.2. The third kappa shape index (κ3) is 9.35. The van der Waals surface area contributed by atoms with E-state index in [0.29, 0.717) is 5.56 Å². The van der Waals surface area contributed by atoms with Gasteiger partial charge in [-0.15, -0.1) is 0 Å². The Morgan fingerprint density at radius 2 is 1.51 bits per heavy atom. The standard InChI is InChI=1S/C34H44O19/c1-15-24(41)25(42)26(43)31(50-15)48-12-22-28(52-23(40)7-4-16-2-5-18(36)20(38)10-16)29(53-33-30(45)34(46,13-35)14-49-33)27(44)32(51-22)47-9-8-17-3-6-19(37)21(39)11-17/h2-7,10-11,15,22,24-33,35-39,41-46H,8-9,12-14H2,1H3. The lowest BCUT2D eigenvalue weighted by Crippen LogP contribution is -2.63. The van der Waals surface area contributed by atoms with Crippen molar-refractivity contribution < 1.29 is 94.1 Å². The van der Waals surface area contributed by atoms with Gasteiger partial charge in [0.2, 0.25) is 0 Å². The maximum Gasteiger partial charge on any atom is 0.331 e. The number of esters is 1. The molecule has 3 aliphatic rings. The second-order valence-electron chi connectivity index (χ2n) is 13.0. The lowest BCUT2D eigenvalue weighted by molar-refractivity contribution is -0.344. The Kier molecular flexibility index (Phi) is 13.2. The number of aliphatic hydroxyl groups is 7. The summed E-state index contributed by atoms with van der Waals surface area (Å²) in [6, 6.07) is 7.82. The van der Waals surface area contributed by atoms with E-state index in [1.165, 1.54) is 49.4 Å². The number of hydrogen-bond acceptors (Lipinski definition) is 19. The van der Waals surface area contributed by atoms with Crippen molar-refractivity contribution in [1.29, 1.82) is 0 Å². The summed E-state index contributed by atoms with van der Waals surface area (Å²) in [6.07, 6.45) is -16.7. The number of ether oxygens (including phenoxy) is 7. The van der Waals surface area contributed by atoms with Crippen LogP contribution in [-0.2, 0) is 44.4 Å². The van der Waals surface area contributed by atoms with E-state index in [1.54, 1.807) is 0 Å². The van der Waals surface area contributed by atoms with Crippen LogP contribution in [0.15, 0.2) is 42.5 Å². The number of rotatable bonds is 13. The molecule has 0 spiro atoms. The number of phenols is 4. The summed E-state index contributed by atoms with van der Waals surface area (Å²) in [7, 11) is 0. The van der Waals surface area contributed by atoms with Crippen LogP contribution >= 0.6 is 0 Å². The largest absolute Gasteiger partial charge is 0.504 e. The second kappa shape index (κ2) is 17.2. The minimum absolute atomic E-state index is 0.136. The topological polar surface area (TPSA) is 304 Å². The Labute approximate surface area is 302 Å². The Morgan fingerprint density at radius 1 is 0.830 bits per heavy atom. The fraction of sp³-hybridized carbons (Fsp3) is 0.559. The molecule has 13 unspecified atom stereocenters. The van der Waals surface area contributed by atoms with Gasteiger partial charge in [-0.2, -0.15) is 0 Å². The van der Waals surface area contributed by atoms with Gasteiger partial charge >= 0.3 is 5.97 Å². The number of phenolic OH excluding ortho intramolecular Hbond substituents is 4. The summed E-state index contributed by atoms with van der Waals surface area (Å²) < 4.78 is 40.0. The molecule has 19 heteroatoms. The minimum Gasteiger partial charge on any atom is -0.504 e. The van der Waals surface area contributed by atoms with Gasteiger partial charge in [-0.05, 0) is 54.8 Å². The predicted molar refractivity (Wildman–Crippen MR) is 174 cm³/mol. The van der Waals surface area contributed by atoms with E-state index in [9.17, 15) is 61.0 Å². The predicted octanol–water partition coefficient (Wildman–Crippen LogP) is -2.55. The number of benzene rings is 2. The van der Waals surface area contributed by atoms with E-state index in [4.69, 9.17) is 33.2 Å². The normalized spacial score (nSPS) is 36.2. The van der Waals surface area contributed by atoms with Crippen molar-refractivity contribution >= 4 is 12.0 Å². The molecule has 0 aliphatic carbocycles. The average molecular weight is 757 g/mol. The molecule has 3 aliphatic heterocycles. The van der Waals surface area contributed by atoms with Gasteiger partial charge in [0.25, 0.3) is 0 Å². The van der Waals surface area contributed by atoms with Gasteiger partial charge in [-0.25, -0.2) is 4.79 Å². The highest BCUT2D eigenvalue weighted by molar-refractivity contribution is 5.87. The van der Waals surface area contributed by atoms with Gasteiger partial charge in [0.15, 0.2) is 48.0 Å². The smallest absolute Gasteiger partial charge is 0.331 e. The quantitative estimate of drug-likeness (QED) is 0.0569. The highest BCUT2D eigenvalue weighted by Crippen LogP contribution is 2.34. The molecule has 294 valence electrons. The van der Waals surface area contributed by atoms with Crippen LogP contribution in [0.25, 0.3) is 6.08 Å². The maximum absolute atomic E-state index is 13.2. The van der Waals surface area contributed by atoms with E-state index >= 15 is 0 Å². The van der Waals surface area contributed by atoms with Crippen LogP contribution in [0, 0.1) is 0 Å². The van der Waals surface area contributed by atoms with Crippen LogP contribution in [0.2, 0.25) is 0 Å². The summed E-state index contributed by atoms with van der Waals surface area (Å²) in [5, 5.41) is 112. The highest BCUT2D eigenvalue weighted by atomic mass is 16.8. The average Bonchev–Trinajstić information content (AvgIpc) is 3.42. The molecule has 53 heavy (non-hydrogen) atoms. The number of aromatic hydroxyl groups is 4. The summed E-state index contributed by atoms with van der Waals surface area (Å²) >= 11 is 0. The monoisotopic (exact) mass is 756 g/mol. The molecule has 11 N–H and O–H groups in total. The second-order valence-corrected chi connectivity index (χ2v) is 13.0. The SMILES string of the molecule is CC1OC(OCC2OC(OCCc3ccc(O)c(O)c3)C(O)C(OC3OCC(O)(CO)C3O)C2OC(=O)C=Cc2ccc(O)c(O)c2)C(O)C(O)C1O. The maximum atomic E-state index is 13.2. The summed E-state index contributed by atoms with van der Waals surface area (Å²) in [5.41, 5.74) is -1.33. The molecule has 2 aromatic rings. The van der Waals surface area contributed by atoms with Crippen LogP contribution in [0.4, 0.5) is 0 Å². The van der Waals surface area contributed by atoms with Gasteiger partial charge in [0.05, 0.1) is 32.5 Å². The molecule has 3 fully saturated rings. The number of aliphatic hydroxyl groups excluding tert-OH is 6. The third-order valence-electron chi connectivity index (χ3n) is 9.09. The van der Waals surface area contributed by atoms with Crippen LogP contribution < -0.4 is 0 Å². The van der Waals surface area contributed by atoms with Gasteiger partial charge < -0.3 is 89.3 Å². The molecule has 0 amide bonds. The number of carbonyl (C=O) groups excluding carboxylic acids is 1. The van der Waals surface area contributed by atoms with Gasteiger partial charge in [0, 0.05) is 6.08 Å². The highest BCUT2D eigenvalue weighted by Gasteiger charge is 2.55. The van der Waals surface area contributed by atoms with E-state index in [1.807, 2.05) is 0 Å². The van der Waals surface area contributed by atoms with E-state index < -0.39 is 117 Å². The molecule has 0 bridgehead atoms. The molecular formula is C34H44O19. The van der Waals surface area contributed by atoms with Crippen LogP contribution in [0.5, 0.6) is 23.0 Å². The van der Waals surface area contributed by atoms with Crippen molar-refractivity contribution in [2.24, 2.45) is 0 Å². The molecule has 3 heterocycles. The van der Waals surface area contributed by atoms with Gasteiger partial charge in [0.1, 0.15) is 48.3 Å². The van der Waals surface area contributed by atoms with Crippen molar-refractivity contribution in [1.82, 2.24) is 0 Å². The zero-order valence-corrected chi connectivity index (χ0v) is 28.3. The first-order valence-electron chi connectivity index (χ1n) is 16.6. The molecule has 19 nitrogen and oxygen atoms in total. The molecule has 0 saturated carbocycles. The summed E-state index contributed by atoms with van der Waals surface area (Å²) in [6.45, 7) is -0.819. The Bertz CT molecular complexity index is 1570. The first-order valence-corrected chi connectivity index (χ1v) is 16.6.